The first-order chi connectivity index (χ1) is 12.8. The normalized spacial score (nSPS) is 19.4. The second kappa shape index (κ2) is 9.90. The lowest BCUT2D eigenvalue weighted by molar-refractivity contribution is -0.142. The van der Waals surface area contributed by atoms with E-state index in [-0.39, 0.29) is 11.4 Å². The highest BCUT2D eigenvalue weighted by Crippen LogP contribution is 2.25. The molecule has 1 saturated heterocycles. The number of carboxylic acids is 1. The summed E-state index contributed by atoms with van der Waals surface area (Å²) in [5.74, 6) is -1.42. The third kappa shape index (κ3) is 5.94. The number of carboxylic acid groups (broad SMARTS) is 1. The smallest absolute Gasteiger partial charge is 0.326 e. The van der Waals surface area contributed by atoms with E-state index in [0.717, 1.165) is 4.47 Å². The summed E-state index contributed by atoms with van der Waals surface area (Å²) in [5, 5.41) is 11.8. The third-order valence-corrected chi connectivity index (χ3v) is 7.48. The van der Waals surface area contributed by atoms with Crippen molar-refractivity contribution in [3.05, 3.63) is 28.7 Å². The quantitative estimate of drug-likeness (QED) is 0.593. The number of thioether (sulfide) groups is 1. The number of carbonyl (C=O) groups is 2. The number of nitrogens with one attached hydrogen (secondary N) is 1. The average molecular weight is 479 g/mol. The van der Waals surface area contributed by atoms with Gasteiger partial charge in [-0.2, -0.15) is 16.1 Å². The van der Waals surface area contributed by atoms with Crippen molar-refractivity contribution in [1.82, 2.24) is 9.62 Å². The van der Waals surface area contributed by atoms with Gasteiger partial charge >= 0.3 is 5.97 Å². The van der Waals surface area contributed by atoms with Crippen LogP contribution in [0.25, 0.3) is 0 Å². The summed E-state index contributed by atoms with van der Waals surface area (Å²) >= 11 is 4.79. The summed E-state index contributed by atoms with van der Waals surface area (Å²) in [6.07, 6.45) is 3.28. The van der Waals surface area contributed by atoms with E-state index >= 15 is 0 Å². The lowest BCUT2D eigenvalue weighted by Gasteiger charge is -2.31. The first kappa shape index (κ1) is 22.2. The van der Waals surface area contributed by atoms with Crippen molar-refractivity contribution in [2.75, 3.05) is 25.1 Å². The molecule has 2 rings (SSSR count). The molecule has 0 aliphatic carbocycles. The maximum absolute atomic E-state index is 12.8. The predicted octanol–water partition coefficient (Wildman–Crippen LogP) is 2.17. The van der Waals surface area contributed by atoms with Gasteiger partial charge in [-0.1, -0.05) is 15.9 Å². The summed E-state index contributed by atoms with van der Waals surface area (Å²) in [6, 6.07) is 5.40. The van der Waals surface area contributed by atoms with Gasteiger partial charge in [-0.05, 0) is 55.5 Å². The Balaban J connectivity index is 2.07. The summed E-state index contributed by atoms with van der Waals surface area (Å²) in [5.41, 5.74) is 0. The van der Waals surface area contributed by atoms with Crippen molar-refractivity contribution in [3.8, 4) is 0 Å². The van der Waals surface area contributed by atoms with Crippen LogP contribution in [0.5, 0.6) is 0 Å². The maximum Gasteiger partial charge on any atom is 0.326 e. The molecule has 0 radical (unpaired) electrons. The van der Waals surface area contributed by atoms with Crippen molar-refractivity contribution < 1.29 is 23.1 Å². The van der Waals surface area contributed by atoms with Gasteiger partial charge in [-0.25, -0.2) is 13.2 Å². The molecular formula is C17H23BrN2O5S2. The van der Waals surface area contributed by atoms with Crippen LogP contribution in [0, 0.1) is 5.92 Å². The van der Waals surface area contributed by atoms with Crippen molar-refractivity contribution in [3.63, 3.8) is 0 Å². The molecule has 0 aromatic heterocycles. The van der Waals surface area contributed by atoms with Gasteiger partial charge in [0.2, 0.25) is 15.9 Å². The standard InChI is InChI=1S/C17H23BrN2O5S2/c1-26-10-8-15(17(22)23)19-16(21)12-3-2-9-20(11-12)27(24,25)14-6-4-13(18)5-7-14/h4-7,12,15H,2-3,8-11H2,1H3,(H,19,21)(H,22,23)/t12?,15-/m1/s1. The number of amides is 1. The zero-order valence-electron chi connectivity index (χ0n) is 14.9. The maximum atomic E-state index is 12.8. The largest absolute Gasteiger partial charge is 0.480 e. The fraction of sp³-hybridized carbons (Fsp3) is 0.529. The Hall–Kier alpha value is -1.10. The van der Waals surface area contributed by atoms with Gasteiger partial charge in [-0.15, -0.1) is 0 Å². The van der Waals surface area contributed by atoms with Gasteiger partial charge < -0.3 is 10.4 Å². The Kier molecular flexibility index (Phi) is 8.14. The highest BCUT2D eigenvalue weighted by atomic mass is 79.9. The number of nitrogens with zero attached hydrogens (tertiary/aromatic N) is 1. The highest BCUT2D eigenvalue weighted by Gasteiger charge is 2.34. The molecule has 10 heteroatoms. The molecule has 1 aromatic rings. The number of aliphatic carboxylic acids is 1. The minimum absolute atomic E-state index is 0.0547. The van der Waals surface area contributed by atoms with Crippen LogP contribution < -0.4 is 5.32 Å². The van der Waals surface area contributed by atoms with Crippen LogP contribution in [0.4, 0.5) is 0 Å². The molecule has 0 bridgehead atoms. The number of piperidine rings is 1. The first-order valence-electron chi connectivity index (χ1n) is 8.53. The van der Waals surface area contributed by atoms with Crippen molar-refractivity contribution in [2.45, 2.75) is 30.2 Å². The van der Waals surface area contributed by atoms with Crippen LogP contribution in [0.2, 0.25) is 0 Å². The Labute approximate surface area is 172 Å². The Morgan fingerprint density at radius 1 is 1.37 bits per heavy atom. The predicted molar refractivity (Wildman–Crippen MR) is 108 cm³/mol. The molecule has 2 atom stereocenters. The van der Waals surface area contributed by atoms with Crippen molar-refractivity contribution in [2.24, 2.45) is 5.92 Å². The molecule has 1 aromatic carbocycles. The van der Waals surface area contributed by atoms with Crippen molar-refractivity contribution >= 4 is 49.6 Å². The molecule has 1 unspecified atom stereocenters. The molecular weight excluding hydrogens is 456 g/mol. The van der Waals surface area contributed by atoms with Crippen LogP contribution in [-0.4, -0.2) is 60.8 Å². The molecule has 1 fully saturated rings. The van der Waals surface area contributed by atoms with E-state index in [1.807, 2.05) is 6.26 Å². The van der Waals surface area contributed by atoms with E-state index in [0.29, 0.717) is 31.6 Å². The number of hydrogen-bond donors (Lipinski definition) is 2. The molecule has 0 saturated carbocycles. The van der Waals surface area contributed by atoms with E-state index < -0.39 is 33.9 Å². The van der Waals surface area contributed by atoms with E-state index in [2.05, 4.69) is 21.2 Å². The van der Waals surface area contributed by atoms with Crippen LogP contribution in [0.1, 0.15) is 19.3 Å². The van der Waals surface area contributed by atoms with Gasteiger partial charge in [0, 0.05) is 17.6 Å². The third-order valence-electron chi connectivity index (χ3n) is 4.43. The number of benzene rings is 1. The average Bonchev–Trinajstić information content (AvgIpc) is 2.65. The van der Waals surface area contributed by atoms with Gasteiger partial charge in [-0.3, -0.25) is 4.79 Å². The van der Waals surface area contributed by atoms with Crippen LogP contribution in [-0.2, 0) is 19.6 Å². The van der Waals surface area contributed by atoms with E-state index in [1.54, 1.807) is 12.1 Å². The molecule has 1 amide bonds. The fourth-order valence-electron chi connectivity index (χ4n) is 2.91. The molecule has 1 aliphatic rings. The minimum atomic E-state index is -3.69. The molecule has 27 heavy (non-hydrogen) atoms. The SMILES string of the molecule is CSCC[C@@H](NC(=O)C1CCCN(S(=O)(=O)c2ccc(Br)cc2)C1)C(=O)O. The van der Waals surface area contributed by atoms with E-state index in [9.17, 15) is 23.1 Å². The Morgan fingerprint density at radius 3 is 2.63 bits per heavy atom. The lowest BCUT2D eigenvalue weighted by atomic mass is 9.98. The molecule has 2 N–H and O–H groups in total. The molecule has 1 aliphatic heterocycles. The molecule has 150 valence electrons. The topological polar surface area (TPSA) is 104 Å². The number of carbonyl (C=O) groups excluding carboxylic acids is 1. The van der Waals surface area contributed by atoms with Gasteiger partial charge in [0.25, 0.3) is 0 Å². The second-order valence-electron chi connectivity index (χ2n) is 6.34. The summed E-state index contributed by atoms with van der Waals surface area (Å²) in [4.78, 5) is 24.0. The zero-order valence-corrected chi connectivity index (χ0v) is 18.1. The fourth-order valence-corrected chi connectivity index (χ4v) is 5.17. The highest BCUT2D eigenvalue weighted by molar-refractivity contribution is 9.10. The molecule has 1 heterocycles. The summed E-state index contributed by atoms with van der Waals surface area (Å²) < 4.78 is 27.7. The number of rotatable bonds is 8. The molecule has 0 spiro atoms. The minimum Gasteiger partial charge on any atom is -0.480 e. The number of halogens is 1. The second-order valence-corrected chi connectivity index (χ2v) is 10.2. The number of sulfonamides is 1. The zero-order chi connectivity index (χ0) is 20.0. The lowest BCUT2D eigenvalue weighted by Crippen LogP contribution is -2.49. The van der Waals surface area contributed by atoms with Gasteiger partial charge in [0.1, 0.15) is 6.04 Å². The summed E-state index contributed by atoms with van der Waals surface area (Å²) in [6.45, 7) is 0.399. The van der Waals surface area contributed by atoms with E-state index in [4.69, 9.17) is 0 Å². The Morgan fingerprint density at radius 2 is 2.04 bits per heavy atom. The van der Waals surface area contributed by atoms with Crippen LogP contribution >= 0.6 is 27.7 Å². The van der Waals surface area contributed by atoms with Gasteiger partial charge in [0.05, 0.1) is 10.8 Å². The van der Waals surface area contributed by atoms with Gasteiger partial charge in [0.15, 0.2) is 0 Å². The van der Waals surface area contributed by atoms with E-state index in [1.165, 1.54) is 28.2 Å². The summed E-state index contributed by atoms with van der Waals surface area (Å²) in [7, 11) is -3.69. The first-order valence-corrected chi connectivity index (χ1v) is 12.2. The Bertz CT molecular complexity index is 770. The number of hydrogen-bond acceptors (Lipinski definition) is 5. The monoisotopic (exact) mass is 478 g/mol. The van der Waals surface area contributed by atoms with Crippen LogP contribution in [0.3, 0.4) is 0 Å². The van der Waals surface area contributed by atoms with Crippen LogP contribution in [0.15, 0.2) is 33.6 Å². The van der Waals surface area contributed by atoms with Crippen molar-refractivity contribution in [1.29, 1.82) is 0 Å². The molecule has 7 nitrogen and oxygen atoms in total.